The first-order valence-electron chi connectivity index (χ1n) is 6.45. The zero-order valence-electron chi connectivity index (χ0n) is 11.3. The van der Waals surface area contributed by atoms with E-state index in [1.165, 1.54) is 0 Å². The number of hydrogen-bond donors (Lipinski definition) is 1. The van der Waals surface area contributed by atoms with Crippen LogP contribution in [0.15, 0.2) is 24.3 Å². The Morgan fingerprint density at radius 3 is 2.71 bits per heavy atom. The molecule has 0 fully saturated rings. The summed E-state index contributed by atoms with van der Waals surface area (Å²) in [6.45, 7) is 2.80. The largest absolute Gasteiger partial charge is 0.434 e. The molecule has 1 aromatic heterocycles. The molecule has 2 aromatic rings. The Kier molecular flexibility index (Phi) is 5.24. The highest BCUT2D eigenvalue weighted by molar-refractivity contribution is 7.15. The molecule has 0 saturated carbocycles. The van der Waals surface area contributed by atoms with E-state index in [1.807, 2.05) is 6.92 Å². The fourth-order valence-electron chi connectivity index (χ4n) is 1.82. The number of rotatable bonds is 5. The summed E-state index contributed by atoms with van der Waals surface area (Å²) in [4.78, 5) is 3.97. The number of alkyl halides is 3. The topological polar surface area (TPSA) is 24.9 Å². The SMILES string of the molecule is CCCNCc1sc(-c2cccc(Cl)c2)nc1C(F)(F)F. The fraction of sp³-hybridized carbons (Fsp3) is 0.357. The molecule has 1 N–H and O–H groups in total. The average molecular weight is 335 g/mol. The molecular weight excluding hydrogens is 321 g/mol. The number of aromatic nitrogens is 1. The van der Waals surface area contributed by atoms with Crippen LogP contribution in [0.3, 0.4) is 0 Å². The van der Waals surface area contributed by atoms with Crippen molar-refractivity contribution in [2.24, 2.45) is 0 Å². The molecule has 0 saturated heterocycles. The van der Waals surface area contributed by atoms with Crippen LogP contribution in [-0.4, -0.2) is 11.5 Å². The minimum absolute atomic E-state index is 0.168. The Balaban J connectivity index is 2.36. The minimum Gasteiger partial charge on any atom is -0.312 e. The second-order valence-corrected chi connectivity index (χ2v) is 6.00. The molecule has 0 amide bonds. The highest BCUT2D eigenvalue weighted by Crippen LogP contribution is 2.38. The molecule has 2 nitrogen and oxygen atoms in total. The Morgan fingerprint density at radius 1 is 1.33 bits per heavy atom. The van der Waals surface area contributed by atoms with Gasteiger partial charge in [-0.15, -0.1) is 11.3 Å². The minimum atomic E-state index is -4.45. The maximum atomic E-state index is 13.1. The summed E-state index contributed by atoms with van der Waals surface area (Å²) in [5, 5.41) is 3.79. The third kappa shape index (κ3) is 4.18. The van der Waals surface area contributed by atoms with Gasteiger partial charge in [-0.05, 0) is 25.1 Å². The van der Waals surface area contributed by atoms with E-state index >= 15 is 0 Å². The Labute approximate surface area is 130 Å². The first-order valence-corrected chi connectivity index (χ1v) is 7.64. The Bertz CT molecular complexity index is 611. The van der Waals surface area contributed by atoms with E-state index in [2.05, 4.69) is 10.3 Å². The molecule has 1 aromatic carbocycles. The number of hydrogen-bond acceptors (Lipinski definition) is 3. The number of nitrogens with zero attached hydrogens (tertiary/aromatic N) is 1. The smallest absolute Gasteiger partial charge is 0.312 e. The molecule has 2 rings (SSSR count). The molecule has 0 atom stereocenters. The van der Waals surface area contributed by atoms with E-state index in [9.17, 15) is 13.2 Å². The van der Waals surface area contributed by atoms with Crippen LogP contribution in [0, 0.1) is 0 Å². The van der Waals surface area contributed by atoms with Gasteiger partial charge in [-0.1, -0.05) is 30.7 Å². The molecule has 1 heterocycles. The van der Waals surface area contributed by atoms with E-state index in [-0.39, 0.29) is 11.4 Å². The summed E-state index contributed by atoms with van der Waals surface area (Å²) < 4.78 is 39.2. The maximum Gasteiger partial charge on any atom is 0.434 e. The zero-order valence-corrected chi connectivity index (χ0v) is 12.9. The maximum absolute atomic E-state index is 13.1. The van der Waals surface area contributed by atoms with Crippen LogP contribution in [0.25, 0.3) is 10.6 Å². The van der Waals surface area contributed by atoms with Gasteiger partial charge in [0.25, 0.3) is 0 Å². The van der Waals surface area contributed by atoms with Crippen LogP contribution in [0.2, 0.25) is 5.02 Å². The van der Waals surface area contributed by atoms with Crippen molar-refractivity contribution < 1.29 is 13.2 Å². The van der Waals surface area contributed by atoms with Gasteiger partial charge in [-0.25, -0.2) is 4.98 Å². The molecule has 0 aliphatic heterocycles. The zero-order chi connectivity index (χ0) is 15.5. The summed E-state index contributed by atoms with van der Waals surface area (Å²) in [5.74, 6) is 0. The molecule has 0 aliphatic rings. The van der Waals surface area contributed by atoms with Crippen molar-refractivity contribution in [3.8, 4) is 10.6 Å². The van der Waals surface area contributed by atoms with Gasteiger partial charge in [0.2, 0.25) is 0 Å². The Hall–Kier alpha value is -1.11. The number of benzene rings is 1. The predicted molar refractivity (Wildman–Crippen MR) is 79.6 cm³/mol. The first kappa shape index (κ1) is 16.3. The standard InChI is InChI=1S/C14H14ClF3N2S/c1-2-6-19-8-11-12(14(16,17)18)20-13(21-11)9-4-3-5-10(15)7-9/h3-5,7,19H,2,6,8H2,1H3. The number of nitrogens with one attached hydrogen (secondary N) is 1. The highest BCUT2D eigenvalue weighted by Gasteiger charge is 2.37. The lowest BCUT2D eigenvalue weighted by Gasteiger charge is -2.06. The van der Waals surface area contributed by atoms with Gasteiger partial charge < -0.3 is 5.32 Å². The lowest BCUT2D eigenvalue weighted by atomic mass is 10.2. The van der Waals surface area contributed by atoms with Crippen LogP contribution in [0.1, 0.15) is 23.9 Å². The molecule has 0 spiro atoms. The third-order valence-corrected chi connectivity index (χ3v) is 4.09. The summed E-state index contributed by atoms with van der Waals surface area (Å²) in [5.41, 5.74) is -0.217. The summed E-state index contributed by atoms with van der Waals surface area (Å²) >= 11 is 6.92. The monoisotopic (exact) mass is 334 g/mol. The molecule has 0 aliphatic carbocycles. The van der Waals surface area contributed by atoms with E-state index < -0.39 is 11.9 Å². The van der Waals surface area contributed by atoms with Crippen molar-refractivity contribution in [2.45, 2.75) is 26.1 Å². The molecule has 0 unspecified atom stereocenters. The predicted octanol–water partition coefficient (Wildman–Crippen LogP) is 4.98. The lowest BCUT2D eigenvalue weighted by molar-refractivity contribution is -0.141. The Morgan fingerprint density at radius 2 is 2.10 bits per heavy atom. The average Bonchev–Trinajstić information content (AvgIpc) is 2.83. The molecule has 0 bridgehead atoms. The van der Waals surface area contributed by atoms with Gasteiger partial charge in [0.05, 0.1) is 4.88 Å². The molecule has 7 heteroatoms. The van der Waals surface area contributed by atoms with Gasteiger partial charge in [0, 0.05) is 17.1 Å². The third-order valence-electron chi connectivity index (χ3n) is 2.75. The van der Waals surface area contributed by atoms with Crippen molar-refractivity contribution in [1.82, 2.24) is 10.3 Å². The second kappa shape index (κ2) is 6.77. The van der Waals surface area contributed by atoms with Crippen molar-refractivity contribution in [3.63, 3.8) is 0 Å². The summed E-state index contributed by atoms with van der Waals surface area (Å²) in [6.07, 6.45) is -3.59. The summed E-state index contributed by atoms with van der Waals surface area (Å²) in [7, 11) is 0. The molecule has 0 radical (unpaired) electrons. The summed E-state index contributed by atoms with van der Waals surface area (Å²) in [6, 6.07) is 6.69. The number of thiazole rings is 1. The van der Waals surface area contributed by atoms with Gasteiger partial charge in [-0.2, -0.15) is 13.2 Å². The van der Waals surface area contributed by atoms with Crippen molar-refractivity contribution >= 4 is 22.9 Å². The van der Waals surface area contributed by atoms with Crippen LogP contribution in [0.5, 0.6) is 0 Å². The van der Waals surface area contributed by atoms with E-state index in [0.29, 0.717) is 22.1 Å². The van der Waals surface area contributed by atoms with Crippen LogP contribution in [0.4, 0.5) is 13.2 Å². The molecule has 21 heavy (non-hydrogen) atoms. The van der Waals surface area contributed by atoms with Crippen LogP contribution >= 0.6 is 22.9 Å². The fourth-order valence-corrected chi connectivity index (χ4v) is 3.05. The van der Waals surface area contributed by atoms with Crippen molar-refractivity contribution in [3.05, 3.63) is 39.9 Å². The van der Waals surface area contributed by atoms with Gasteiger partial charge >= 0.3 is 6.18 Å². The quantitative estimate of drug-likeness (QED) is 0.780. The van der Waals surface area contributed by atoms with Crippen LogP contribution in [-0.2, 0) is 12.7 Å². The van der Waals surface area contributed by atoms with Gasteiger partial charge in [0.15, 0.2) is 5.69 Å². The first-order chi connectivity index (χ1) is 9.91. The van der Waals surface area contributed by atoms with Gasteiger partial charge in [-0.3, -0.25) is 0 Å². The number of halogens is 4. The molecular formula is C14H14ClF3N2S. The van der Waals surface area contributed by atoms with E-state index in [1.54, 1.807) is 24.3 Å². The molecule has 114 valence electrons. The van der Waals surface area contributed by atoms with Crippen molar-refractivity contribution in [1.29, 1.82) is 0 Å². The normalized spacial score (nSPS) is 11.9. The second-order valence-electron chi connectivity index (χ2n) is 4.48. The van der Waals surface area contributed by atoms with E-state index in [0.717, 1.165) is 17.8 Å². The highest BCUT2D eigenvalue weighted by atomic mass is 35.5. The lowest BCUT2D eigenvalue weighted by Crippen LogP contribution is -2.17. The van der Waals surface area contributed by atoms with E-state index in [4.69, 9.17) is 11.6 Å². The van der Waals surface area contributed by atoms with Gasteiger partial charge in [0.1, 0.15) is 5.01 Å². The van der Waals surface area contributed by atoms with Crippen molar-refractivity contribution in [2.75, 3.05) is 6.54 Å². The van der Waals surface area contributed by atoms with Crippen LogP contribution < -0.4 is 5.32 Å².